The summed E-state index contributed by atoms with van der Waals surface area (Å²) in [6.07, 6.45) is 3.85. The Morgan fingerprint density at radius 3 is 2.40 bits per heavy atom. The van der Waals surface area contributed by atoms with Crippen molar-refractivity contribution in [3.05, 3.63) is 18.2 Å². The Morgan fingerprint density at radius 1 is 1.20 bits per heavy atom. The van der Waals surface area contributed by atoms with Crippen LogP contribution in [0.1, 0.15) is 25.7 Å². The van der Waals surface area contributed by atoms with Crippen molar-refractivity contribution >= 4 is 15.9 Å². The van der Waals surface area contributed by atoms with E-state index >= 15 is 0 Å². The lowest BCUT2D eigenvalue weighted by molar-refractivity contribution is 0.408. The third-order valence-corrected chi connectivity index (χ3v) is 4.87. The van der Waals surface area contributed by atoms with Gasteiger partial charge in [-0.2, -0.15) is 12.7 Å². The lowest BCUT2D eigenvalue weighted by atomic mass is 10.2. The highest BCUT2D eigenvalue weighted by Crippen LogP contribution is 2.29. The molecule has 1 heterocycles. The Morgan fingerprint density at radius 2 is 1.85 bits per heavy atom. The van der Waals surface area contributed by atoms with E-state index in [0.717, 1.165) is 25.7 Å². The predicted molar refractivity (Wildman–Crippen MR) is 77.2 cm³/mol. The van der Waals surface area contributed by atoms with E-state index in [-0.39, 0.29) is 11.4 Å². The van der Waals surface area contributed by atoms with Crippen molar-refractivity contribution in [2.75, 3.05) is 24.9 Å². The molecule has 0 saturated carbocycles. The summed E-state index contributed by atoms with van der Waals surface area (Å²) in [5.74, 6) is 0.322. The Bertz CT molecular complexity index is 551. The number of nitrogens with zero attached hydrogens (tertiary/aromatic N) is 1. The van der Waals surface area contributed by atoms with E-state index in [4.69, 9.17) is 4.74 Å². The highest BCUT2D eigenvalue weighted by Gasteiger charge is 2.23. The van der Waals surface area contributed by atoms with Gasteiger partial charge in [0.1, 0.15) is 11.5 Å². The molecule has 6 nitrogen and oxygen atoms in total. The zero-order valence-corrected chi connectivity index (χ0v) is 12.3. The average Bonchev–Trinajstić information content (AvgIpc) is 2.70. The molecule has 112 valence electrons. The second-order valence-corrected chi connectivity index (χ2v) is 6.47. The summed E-state index contributed by atoms with van der Waals surface area (Å²) in [6.45, 7) is 1.04. The van der Waals surface area contributed by atoms with Crippen molar-refractivity contribution in [3.63, 3.8) is 0 Å². The number of nitrogens with one attached hydrogen (secondary N) is 1. The van der Waals surface area contributed by atoms with E-state index in [1.54, 1.807) is 6.07 Å². The molecule has 0 aliphatic carbocycles. The van der Waals surface area contributed by atoms with Crippen LogP contribution >= 0.6 is 0 Å². The topological polar surface area (TPSA) is 78.9 Å². The number of rotatable bonds is 4. The molecule has 1 fully saturated rings. The third-order valence-electron chi connectivity index (χ3n) is 3.35. The highest BCUT2D eigenvalue weighted by molar-refractivity contribution is 7.90. The van der Waals surface area contributed by atoms with Crippen LogP contribution in [-0.2, 0) is 10.2 Å². The first kappa shape index (κ1) is 14.9. The largest absolute Gasteiger partial charge is 0.506 e. The molecule has 2 N–H and O–H groups in total. The lowest BCUT2D eigenvalue weighted by Crippen LogP contribution is -2.36. The number of anilines is 1. The first-order valence-electron chi connectivity index (χ1n) is 6.68. The Balaban J connectivity index is 2.15. The van der Waals surface area contributed by atoms with E-state index in [9.17, 15) is 13.5 Å². The molecular weight excluding hydrogens is 280 g/mol. The quantitative estimate of drug-likeness (QED) is 0.833. The molecular formula is C13H20N2O4S. The fourth-order valence-corrected chi connectivity index (χ4v) is 3.53. The van der Waals surface area contributed by atoms with Gasteiger partial charge >= 0.3 is 10.2 Å². The van der Waals surface area contributed by atoms with E-state index in [1.165, 1.54) is 23.5 Å². The predicted octanol–water partition coefficient (Wildman–Crippen LogP) is 1.93. The Kier molecular flexibility index (Phi) is 4.72. The monoisotopic (exact) mass is 300 g/mol. The number of methoxy groups -OCH3 is 1. The molecule has 0 radical (unpaired) electrons. The van der Waals surface area contributed by atoms with Crippen LogP contribution in [0, 0.1) is 0 Å². The Labute approximate surface area is 119 Å². The van der Waals surface area contributed by atoms with E-state index in [2.05, 4.69) is 4.72 Å². The molecule has 0 bridgehead atoms. The van der Waals surface area contributed by atoms with E-state index in [0.29, 0.717) is 18.8 Å². The van der Waals surface area contributed by atoms with Gasteiger partial charge in [0.15, 0.2) is 0 Å². The van der Waals surface area contributed by atoms with Crippen molar-refractivity contribution in [1.82, 2.24) is 4.31 Å². The third kappa shape index (κ3) is 3.55. The minimum absolute atomic E-state index is 0.150. The fraction of sp³-hybridized carbons (Fsp3) is 0.538. The molecule has 1 aromatic carbocycles. The van der Waals surface area contributed by atoms with Crippen LogP contribution in [0.3, 0.4) is 0 Å². The number of ether oxygens (including phenoxy) is 1. The summed E-state index contributed by atoms with van der Waals surface area (Å²) >= 11 is 0. The second-order valence-electron chi connectivity index (χ2n) is 4.80. The number of aromatic hydroxyl groups is 1. The van der Waals surface area contributed by atoms with Gasteiger partial charge in [0.05, 0.1) is 12.8 Å². The maximum Gasteiger partial charge on any atom is 0.301 e. The average molecular weight is 300 g/mol. The van der Waals surface area contributed by atoms with Crippen LogP contribution in [-0.4, -0.2) is 38.0 Å². The standard InChI is InChI=1S/C13H20N2O4S/c1-19-11-6-7-12(13(16)10-11)14-20(17,18)15-8-4-2-3-5-9-15/h6-7,10,14,16H,2-5,8-9H2,1H3. The number of hydrogen-bond donors (Lipinski definition) is 2. The van der Waals surface area contributed by atoms with E-state index in [1.807, 2.05) is 0 Å². The van der Waals surface area contributed by atoms with Crippen LogP contribution < -0.4 is 9.46 Å². The molecule has 2 rings (SSSR count). The van der Waals surface area contributed by atoms with Gasteiger partial charge in [0, 0.05) is 19.2 Å². The first-order chi connectivity index (χ1) is 9.53. The maximum atomic E-state index is 12.3. The van der Waals surface area contributed by atoms with Gasteiger partial charge in [-0.1, -0.05) is 12.8 Å². The summed E-state index contributed by atoms with van der Waals surface area (Å²) in [4.78, 5) is 0. The zero-order chi connectivity index (χ0) is 14.6. The molecule has 20 heavy (non-hydrogen) atoms. The SMILES string of the molecule is COc1ccc(NS(=O)(=O)N2CCCCCC2)c(O)c1. The van der Waals surface area contributed by atoms with Crippen molar-refractivity contribution in [1.29, 1.82) is 0 Å². The van der Waals surface area contributed by atoms with Gasteiger partial charge in [-0.25, -0.2) is 0 Å². The molecule has 1 aliphatic heterocycles. The molecule has 1 aromatic rings. The van der Waals surface area contributed by atoms with Gasteiger partial charge < -0.3 is 9.84 Å². The second kappa shape index (κ2) is 6.32. The van der Waals surface area contributed by atoms with Gasteiger partial charge in [-0.3, -0.25) is 4.72 Å². The van der Waals surface area contributed by atoms with Gasteiger partial charge in [0.2, 0.25) is 0 Å². The summed E-state index contributed by atoms with van der Waals surface area (Å²) in [7, 11) is -2.14. The highest BCUT2D eigenvalue weighted by atomic mass is 32.2. The Hall–Kier alpha value is -1.47. The first-order valence-corrected chi connectivity index (χ1v) is 8.12. The van der Waals surface area contributed by atoms with Crippen molar-refractivity contribution < 1.29 is 18.3 Å². The number of benzene rings is 1. The van der Waals surface area contributed by atoms with Gasteiger partial charge in [-0.05, 0) is 25.0 Å². The van der Waals surface area contributed by atoms with Crippen LogP contribution in [0.4, 0.5) is 5.69 Å². The summed E-state index contributed by atoms with van der Waals surface area (Å²) in [5.41, 5.74) is 0.162. The van der Waals surface area contributed by atoms with Crippen LogP contribution in [0.15, 0.2) is 18.2 Å². The number of phenolic OH excluding ortho intramolecular Hbond substituents is 1. The van der Waals surface area contributed by atoms with Gasteiger partial charge in [0.25, 0.3) is 0 Å². The zero-order valence-electron chi connectivity index (χ0n) is 11.5. The van der Waals surface area contributed by atoms with Crippen LogP contribution in [0.5, 0.6) is 11.5 Å². The fourth-order valence-electron chi connectivity index (χ4n) is 2.21. The lowest BCUT2D eigenvalue weighted by Gasteiger charge is -2.21. The molecule has 1 aliphatic rings. The molecule has 0 aromatic heterocycles. The molecule has 0 unspecified atom stereocenters. The van der Waals surface area contributed by atoms with Crippen molar-refractivity contribution in [2.24, 2.45) is 0 Å². The van der Waals surface area contributed by atoms with Crippen molar-refractivity contribution in [3.8, 4) is 11.5 Å². The van der Waals surface area contributed by atoms with E-state index < -0.39 is 10.2 Å². The van der Waals surface area contributed by atoms with Crippen LogP contribution in [0.25, 0.3) is 0 Å². The normalized spacial score (nSPS) is 17.4. The summed E-state index contributed by atoms with van der Waals surface area (Å²) in [6, 6.07) is 4.46. The number of hydrogen-bond acceptors (Lipinski definition) is 4. The number of phenols is 1. The minimum Gasteiger partial charge on any atom is -0.506 e. The molecule has 0 spiro atoms. The van der Waals surface area contributed by atoms with Crippen molar-refractivity contribution in [2.45, 2.75) is 25.7 Å². The smallest absolute Gasteiger partial charge is 0.301 e. The van der Waals surface area contributed by atoms with Gasteiger partial charge in [-0.15, -0.1) is 0 Å². The molecule has 1 saturated heterocycles. The molecule has 0 amide bonds. The minimum atomic E-state index is -3.62. The molecule has 7 heteroatoms. The summed E-state index contributed by atoms with van der Waals surface area (Å²) in [5, 5.41) is 9.81. The molecule has 0 atom stereocenters. The summed E-state index contributed by atoms with van der Waals surface area (Å²) < 4.78 is 33.4. The maximum absolute atomic E-state index is 12.3. The van der Waals surface area contributed by atoms with Crippen LogP contribution in [0.2, 0.25) is 0 Å².